The van der Waals surface area contributed by atoms with E-state index in [0.717, 1.165) is 11.1 Å². The van der Waals surface area contributed by atoms with Crippen LogP contribution in [0.4, 0.5) is 0 Å². The Morgan fingerprint density at radius 2 is 1.67 bits per heavy atom. The van der Waals surface area contributed by atoms with Gasteiger partial charge in [0.1, 0.15) is 6.10 Å². The van der Waals surface area contributed by atoms with Gasteiger partial charge in [-0.05, 0) is 48.4 Å². The van der Waals surface area contributed by atoms with Crippen LogP contribution in [0.5, 0.6) is 0 Å². The maximum atomic E-state index is 12.2. The first-order valence-corrected chi connectivity index (χ1v) is 11.0. The largest absolute Gasteiger partial charge is 0.385 e. The lowest BCUT2D eigenvalue weighted by atomic mass is 10.0. The Bertz CT molecular complexity index is 892. The van der Waals surface area contributed by atoms with Gasteiger partial charge in [0, 0.05) is 25.1 Å². The van der Waals surface area contributed by atoms with Gasteiger partial charge in [0.15, 0.2) is 5.78 Å². The van der Waals surface area contributed by atoms with Crippen LogP contribution in [-0.4, -0.2) is 41.9 Å². The number of hydrogen-bond acceptors (Lipinski definition) is 5. The van der Waals surface area contributed by atoms with Gasteiger partial charge >= 0.3 is 0 Å². The highest BCUT2D eigenvalue weighted by molar-refractivity contribution is 5.94. The molecule has 180 valence electrons. The lowest BCUT2D eigenvalue weighted by molar-refractivity contribution is -0.129. The molecule has 2 aromatic carbocycles. The number of aliphatic hydroxyl groups excluding tert-OH is 1. The van der Waals surface area contributed by atoms with Crippen molar-refractivity contribution in [2.45, 2.75) is 45.3 Å². The topological polar surface area (TPSA) is 122 Å². The highest BCUT2D eigenvalue weighted by Gasteiger charge is 2.16. The molecule has 8 heteroatoms. The van der Waals surface area contributed by atoms with Crippen molar-refractivity contribution in [1.82, 2.24) is 10.6 Å². The zero-order valence-corrected chi connectivity index (χ0v) is 19.8. The number of hydrogen-bond donors (Lipinski definition) is 4. The molecule has 5 N–H and O–H groups in total. The smallest absolute Gasteiger partial charge is 0.251 e. The average molecular weight is 476 g/mol. The molecule has 2 aromatic rings. The predicted octanol–water partition coefficient (Wildman–Crippen LogP) is 2.39. The summed E-state index contributed by atoms with van der Waals surface area (Å²) in [4.78, 5) is 36.3. The minimum absolute atomic E-state index is 0. The fraction of sp³-hybridized carbons (Fsp3) is 0.400. The summed E-state index contributed by atoms with van der Waals surface area (Å²) in [6, 6.07) is 16.8. The Balaban J connectivity index is 0.00000544. The van der Waals surface area contributed by atoms with E-state index in [1.54, 1.807) is 18.2 Å². The molecule has 33 heavy (non-hydrogen) atoms. The quantitative estimate of drug-likeness (QED) is 0.354. The van der Waals surface area contributed by atoms with E-state index in [9.17, 15) is 19.5 Å². The number of carbonyl (C=O) groups excluding carboxylic acids is 3. The summed E-state index contributed by atoms with van der Waals surface area (Å²) in [5, 5.41) is 15.5. The van der Waals surface area contributed by atoms with E-state index in [4.69, 9.17) is 5.73 Å². The van der Waals surface area contributed by atoms with E-state index >= 15 is 0 Å². The predicted molar refractivity (Wildman–Crippen MR) is 131 cm³/mol. The Kier molecular flexibility index (Phi) is 13.0. The van der Waals surface area contributed by atoms with E-state index in [1.807, 2.05) is 43.3 Å². The van der Waals surface area contributed by atoms with Gasteiger partial charge < -0.3 is 21.5 Å². The van der Waals surface area contributed by atoms with Crippen molar-refractivity contribution in [1.29, 1.82) is 0 Å². The molecule has 7 nitrogen and oxygen atoms in total. The van der Waals surface area contributed by atoms with Crippen molar-refractivity contribution >= 4 is 30.0 Å². The molecule has 0 radical (unpaired) electrons. The Morgan fingerprint density at radius 1 is 0.970 bits per heavy atom. The van der Waals surface area contributed by atoms with Gasteiger partial charge in [-0.2, -0.15) is 0 Å². The summed E-state index contributed by atoms with van der Waals surface area (Å²) >= 11 is 0. The number of nitrogens with two attached hydrogens (primary N) is 1. The van der Waals surface area contributed by atoms with E-state index in [-0.39, 0.29) is 43.1 Å². The van der Waals surface area contributed by atoms with Crippen molar-refractivity contribution < 1.29 is 19.5 Å². The number of ketones is 1. The highest BCUT2D eigenvalue weighted by atomic mass is 35.5. The number of Topliss-reactive ketones (excluding diaryl/α,β-unsaturated/α-hetero) is 1. The first-order chi connectivity index (χ1) is 15.4. The van der Waals surface area contributed by atoms with Crippen LogP contribution in [0.3, 0.4) is 0 Å². The molecule has 2 unspecified atom stereocenters. The van der Waals surface area contributed by atoms with Crippen LogP contribution in [0.1, 0.15) is 47.7 Å². The van der Waals surface area contributed by atoms with Crippen LogP contribution in [0, 0.1) is 5.92 Å². The molecule has 0 aromatic heterocycles. The number of halogens is 1. The number of carbonyl (C=O) groups is 3. The standard InChI is InChI=1S/C25H33N3O4.ClH/c1-18(16-28-25(32)21-9-5-8-20(14-21)15-26)10-13-24(31)27-17-23(30)22(29)12-11-19-6-3-2-4-7-19;/h2-9,14,18,22,29H,10-13,15-17,26H2,1H3,(H,27,31)(H,28,32);1H. The van der Waals surface area contributed by atoms with Gasteiger partial charge in [0.25, 0.3) is 5.91 Å². The third-order valence-electron chi connectivity index (χ3n) is 5.28. The lowest BCUT2D eigenvalue weighted by Crippen LogP contribution is -2.36. The van der Waals surface area contributed by atoms with Crippen LogP contribution >= 0.6 is 12.4 Å². The first-order valence-electron chi connectivity index (χ1n) is 11.0. The molecule has 0 aliphatic heterocycles. The molecule has 0 fully saturated rings. The molecule has 0 spiro atoms. The molecule has 0 aliphatic rings. The second-order valence-corrected chi connectivity index (χ2v) is 8.04. The maximum absolute atomic E-state index is 12.2. The van der Waals surface area contributed by atoms with Crippen molar-refractivity contribution in [3.8, 4) is 0 Å². The van der Waals surface area contributed by atoms with E-state index in [0.29, 0.717) is 37.9 Å². The zero-order chi connectivity index (χ0) is 23.3. The molecule has 0 bridgehead atoms. The molecule has 0 heterocycles. The zero-order valence-electron chi connectivity index (χ0n) is 19.0. The summed E-state index contributed by atoms with van der Waals surface area (Å²) in [5.41, 5.74) is 8.10. The minimum Gasteiger partial charge on any atom is -0.385 e. The van der Waals surface area contributed by atoms with Crippen LogP contribution in [-0.2, 0) is 22.6 Å². The van der Waals surface area contributed by atoms with Crippen molar-refractivity contribution in [3.63, 3.8) is 0 Å². The minimum atomic E-state index is -1.09. The lowest BCUT2D eigenvalue weighted by Gasteiger charge is -2.14. The number of aryl methyl sites for hydroxylation is 1. The highest BCUT2D eigenvalue weighted by Crippen LogP contribution is 2.08. The average Bonchev–Trinajstić information content (AvgIpc) is 2.83. The summed E-state index contributed by atoms with van der Waals surface area (Å²) in [7, 11) is 0. The third kappa shape index (κ3) is 10.6. The van der Waals surface area contributed by atoms with Crippen LogP contribution in [0.25, 0.3) is 0 Å². The summed E-state index contributed by atoms with van der Waals surface area (Å²) in [6.07, 6.45) is 0.639. The SMILES string of the molecule is CC(CCC(=O)NCC(=O)C(O)CCc1ccccc1)CNC(=O)c1cccc(CN)c1.Cl. The Labute approximate surface area is 201 Å². The van der Waals surface area contributed by atoms with Crippen LogP contribution < -0.4 is 16.4 Å². The second kappa shape index (κ2) is 15.2. The number of amides is 2. The summed E-state index contributed by atoms with van der Waals surface area (Å²) in [5.74, 6) is -0.724. The van der Waals surface area contributed by atoms with Crippen molar-refractivity contribution in [2.75, 3.05) is 13.1 Å². The molecular weight excluding hydrogens is 442 g/mol. The number of rotatable bonds is 13. The third-order valence-corrected chi connectivity index (χ3v) is 5.28. The number of aliphatic hydroxyl groups is 1. The molecular formula is C25H34ClN3O4. The summed E-state index contributed by atoms with van der Waals surface area (Å²) < 4.78 is 0. The normalized spacial score (nSPS) is 12.2. The first kappa shape index (κ1) is 28.3. The van der Waals surface area contributed by atoms with E-state index in [1.165, 1.54) is 0 Å². The number of benzene rings is 2. The fourth-order valence-corrected chi connectivity index (χ4v) is 3.19. The molecule has 0 saturated carbocycles. The van der Waals surface area contributed by atoms with Crippen LogP contribution in [0.15, 0.2) is 54.6 Å². The van der Waals surface area contributed by atoms with Gasteiger partial charge in [-0.25, -0.2) is 0 Å². The molecule has 0 aliphatic carbocycles. The maximum Gasteiger partial charge on any atom is 0.251 e. The Hall–Kier alpha value is -2.74. The van der Waals surface area contributed by atoms with Crippen LogP contribution in [0.2, 0.25) is 0 Å². The molecule has 2 rings (SSSR count). The molecule has 2 amide bonds. The molecule has 0 saturated heterocycles. The second-order valence-electron chi connectivity index (χ2n) is 8.04. The molecule has 2 atom stereocenters. The van der Waals surface area contributed by atoms with Crippen molar-refractivity contribution in [3.05, 3.63) is 71.3 Å². The van der Waals surface area contributed by atoms with Gasteiger partial charge in [-0.1, -0.05) is 49.4 Å². The Morgan fingerprint density at radius 3 is 2.36 bits per heavy atom. The number of nitrogens with one attached hydrogen (secondary N) is 2. The van der Waals surface area contributed by atoms with Gasteiger partial charge in [-0.3, -0.25) is 14.4 Å². The van der Waals surface area contributed by atoms with E-state index < -0.39 is 11.9 Å². The van der Waals surface area contributed by atoms with E-state index in [2.05, 4.69) is 10.6 Å². The van der Waals surface area contributed by atoms with Gasteiger partial charge in [0.2, 0.25) is 5.91 Å². The van der Waals surface area contributed by atoms with Crippen molar-refractivity contribution in [2.24, 2.45) is 11.7 Å². The summed E-state index contributed by atoms with van der Waals surface area (Å²) in [6.45, 7) is 2.58. The fourth-order valence-electron chi connectivity index (χ4n) is 3.19. The monoisotopic (exact) mass is 475 g/mol. The van der Waals surface area contributed by atoms with Gasteiger partial charge in [0.05, 0.1) is 6.54 Å². The van der Waals surface area contributed by atoms with Gasteiger partial charge in [-0.15, -0.1) is 12.4 Å².